The standard InChI is InChI=1S/C30H36N8O3/c31-16-23-18-33-37-21-26(41-13-10-34-8-11-40-12-9-34)15-27(29(23)37)22-4-5-28(32-17-22)36-19-24-14-25(20-36)38(24)30(39)35-6-2-1-3-7-35/h4-5,15,17-18,21,24-25H,1-3,6-14,19-20H2. The molecule has 0 aromatic carbocycles. The van der Waals surface area contributed by atoms with Crippen molar-refractivity contribution >= 4 is 17.4 Å². The van der Waals surface area contributed by atoms with Crippen LogP contribution in [0.4, 0.5) is 10.6 Å². The fourth-order valence-electron chi connectivity index (χ4n) is 6.69. The maximum atomic E-state index is 13.1. The van der Waals surface area contributed by atoms with E-state index in [2.05, 4.69) is 31.9 Å². The van der Waals surface area contributed by atoms with Crippen molar-refractivity contribution in [3.8, 4) is 22.9 Å². The second-order valence-electron chi connectivity index (χ2n) is 11.4. The van der Waals surface area contributed by atoms with Crippen LogP contribution in [0.1, 0.15) is 31.2 Å². The third-order valence-corrected chi connectivity index (χ3v) is 8.91. The number of pyridine rings is 2. The molecule has 2 unspecified atom stereocenters. The summed E-state index contributed by atoms with van der Waals surface area (Å²) in [4.78, 5) is 26.7. The highest BCUT2D eigenvalue weighted by atomic mass is 16.5. The minimum atomic E-state index is 0.221. The van der Waals surface area contributed by atoms with Gasteiger partial charge in [-0.25, -0.2) is 14.3 Å². The lowest BCUT2D eigenvalue weighted by Gasteiger charge is -2.57. The van der Waals surface area contributed by atoms with Gasteiger partial charge in [0.2, 0.25) is 0 Å². The molecule has 41 heavy (non-hydrogen) atoms. The molecule has 0 N–H and O–H groups in total. The molecule has 3 aromatic heterocycles. The highest BCUT2D eigenvalue weighted by Crippen LogP contribution is 2.36. The van der Waals surface area contributed by atoms with Gasteiger partial charge in [-0.1, -0.05) is 0 Å². The summed E-state index contributed by atoms with van der Waals surface area (Å²) in [6.45, 7) is 8.13. The summed E-state index contributed by atoms with van der Waals surface area (Å²) >= 11 is 0. The van der Waals surface area contributed by atoms with E-state index in [1.54, 1.807) is 10.7 Å². The molecule has 5 fully saturated rings. The van der Waals surface area contributed by atoms with Crippen molar-refractivity contribution in [1.82, 2.24) is 29.3 Å². The van der Waals surface area contributed by atoms with Crippen LogP contribution in [0.25, 0.3) is 16.6 Å². The first-order valence-corrected chi connectivity index (χ1v) is 14.8. The van der Waals surface area contributed by atoms with Gasteiger partial charge in [0.05, 0.1) is 48.8 Å². The molecule has 5 saturated heterocycles. The van der Waals surface area contributed by atoms with Gasteiger partial charge in [-0.2, -0.15) is 10.4 Å². The van der Waals surface area contributed by atoms with Gasteiger partial charge in [-0.05, 0) is 43.9 Å². The van der Waals surface area contributed by atoms with Crippen LogP contribution in [-0.4, -0.2) is 113 Å². The van der Waals surface area contributed by atoms with Crippen LogP contribution >= 0.6 is 0 Å². The van der Waals surface area contributed by atoms with Gasteiger partial charge in [-0.3, -0.25) is 4.90 Å². The zero-order valence-corrected chi connectivity index (χ0v) is 23.3. The molecular formula is C30H36N8O3. The Balaban J connectivity index is 1.06. The average Bonchev–Trinajstić information content (AvgIpc) is 3.45. The zero-order chi connectivity index (χ0) is 27.8. The van der Waals surface area contributed by atoms with Crippen molar-refractivity contribution < 1.29 is 14.3 Å². The van der Waals surface area contributed by atoms with Gasteiger partial charge in [0.15, 0.2) is 0 Å². The second kappa shape index (κ2) is 11.2. The number of nitrogens with zero attached hydrogens (tertiary/aromatic N) is 8. The summed E-state index contributed by atoms with van der Waals surface area (Å²) in [7, 11) is 0. The van der Waals surface area contributed by atoms with E-state index in [0.29, 0.717) is 17.9 Å². The second-order valence-corrected chi connectivity index (χ2v) is 11.4. The smallest absolute Gasteiger partial charge is 0.320 e. The van der Waals surface area contributed by atoms with E-state index in [1.807, 2.05) is 29.4 Å². The van der Waals surface area contributed by atoms with Gasteiger partial charge in [0.1, 0.15) is 24.2 Å². The normalized spacial score (nSPS) is 22.9. The third kappa shape index (κ3) is 5.06. The fraction of sp³-hybridized carbons (Fsp3) is 0.533. The fourth-order valence-corrected chi connectivity index (χ4v) is 6.69. The number of nitriles is 1. The van der Waals surface area contributed by atoms with E-state index < -0.39 is 0 Å². The molecule has 0 spiro atoms. The average molecular weight is 557 g/mol. The molecule has 0 saturated carbocycles. The number of ether oxygens (including phenoxy) is 2. The predicted molar refractivity (Wildman–Crippen MR) is 153 cm³/mol. The number of amides is 2. The van der Waals surface area contributed by atoms with Gasteiger partial charge >= 0.3 is 6.03 Å². The van der Waals surface area contributed by atoms with Gasteiger partial charge in [-0.15, -0.1) is 0 Å². The lowest BCUT2D eigenvalue weighted by atomic mass is 9.87. The van der Waals surface area contributed by atoms with E-state index in [4.69, 9.17) is 14.5 Å². The Morgan fingerprint density at radius 1 is 1.07 bits per heavy atom. The first-order chi connectivity index (χ1) is 20.2. The number of anilines is 1. The van der Waals surface area contributed by atoms with E-state index in [-0.39, 0.29) is 18.1 Å². The molecule has 11 nitrogen and oxygen atoms in total. The maximum Gasteiger partial charge on any atom is 0.320 e. The molecule has 5 aliphatic rings. The largest absolute Gasteiger partial charge is 0.491 e. The SMILES string of the molecule is N#Cc1cnn2cc(OCCN3CCOCC3)cc(-c3ccc(N4CC5CC(C4)N5C(=O)N4CCCCC4)nc3)c12. The minimum absolute atomic E-state index is 0.221. The van der Waals surface area contributed by atoms with Crippen molar-refractivity contribution in [2.45, 2.75) is 37.8 Å². The molecule has 11 heteroatoms. The van der Waals surface area contributed by atoms with E-state index in [0.717, 1.165) is 101 Å². The number of piperazine rings is 1. The number of likely N-dealkylation sites (tertiary alicyclic amines) is 1. The zero-order valence-electron chi connectivity index (χ0n) is 23.3. The Morgan fingerprint density at radius 3 is 2.61 bits per heavy atom. The first kappa shape index (κ1) is 26.0. The Labute approximate surface area is 239 Å². The summed E-state index contributed by atoms with van der Waals surface area (Å²) in [5.41, 5.74) is 3.02. The van der Waals surface area contributed by atoms with Gasteiger partial charge in [0.25, 0.3) is 0 Å². The number of morpholine rings is 1. The van der Waals surface area contributed by atoms with Gasteiger partial charge in [0, 0.05) is 63.1 Å². The number of piperidine rings is 2. The summed E-state index contributed by atoms with van der Waals surface area (Å²) in [6, 6.07) is 9.07. The number of hydrogen-bond acceptors (Lipinski definition) is 8. The van der Waals surface area contributed by atoms with E-state index >= 15 is 0 Å². The van der Waals surface area contributed by atoms with Crippen molar-refractivity contribution in [3.63, 3.8) is 0 Å². The number of carbonyl (C=O) groups excluding carboxylic acids is 1. The summed E-state index contributed by atoms with van der Waals surface area (Å²) in [6.07, 6.45) is 9.82. The molecule has 8 heterocycles. The topological polar surface area (TPSA) is 102 Å². The van der Waals surface area contributed by atoms with E-state index in [1.165, 1.54) is 6.42 Å². The summed E-state index contributed by atoms with van der Waals surface area (Å²) in [5, 5.41) is 14.2. The molecular weight excluding hydrogens is 520 g/mol. The maximum absolute atomic E-state index is 13.1. The monoisotopic (exact) mass is 556 g/mol. The molecule has 8 rings (SSSR count). The number of fused-ring (bicyclic) bond motifs is 3. The van der Waals surface area contributed by atoms with Crippen LogP contribution in [0.15, 0.2) is 36.8 Å². The molecule has 2 amide bonds. The molecule has 2 bridgehead atoms. The van der Waals surface area contributed by atoms with Crippen LogP contribution in [0, 0.1) is 11.3 Å². The van der Waals surface area contributed by atoms with Crippen LogP contribution in [0.2, 0.25) is 0 Å². The van der Waals surface area contributed by atoms with Gasteiger partial charge < -0.3 is 24.2 Å². The van der Waals surface area contributed by atoms with Crippen molar-refractivity contribution in [1.29, 1.82) is 5.26 Å². The van der Waals surface area contributed by atoms with Crippen molar-refractivity contribution in [2.75, 3.05) is 70.5 Å². The Kier molecular flexibility index (Phi) is 7.10. The van der Waals surface area contributed by atoms with Crippen molar-refractivity contribution in [2.24, 2.45) is 0 Å². The Bertz CT molecular complexity index is 1430. The van der Waals surface area contributed by atoms with Crippen LogP contribution in [0.3, 0.4) is 0 Å². The van der Waals surface area contributed by atoms with Crippen LogP contribution < -0.4 is 9.64 Å². The lowest BCUT2D eigenvalue weighted by Crippen LogP contribution is -2.72. The number of aromatic nitrogens is 3. The van der Waals surface area contributed by atoms with Crippen LogP contribution in [0.5, 0.6) is 5.75 Å². The first-order valence-electron chi connectivity index (χ1n) is 14.8. The molecule has 0 radical (unpaired) electrons. The number of rotatable bonds is 6. The molecule has 214 valence electrons. The summed E-state index contributed by atoms with van der Waals surface area (Å²) < 4.78 is 13.3. The highest BCUT2D eigenvalue weighted by molar-refractivity contribution is 5.85. The molecule has 2 atom stereocenters. The Morgan fingerprint density at radius 2 is 1.88 bits per heavy atom. The van der Waals surface area contributed by atoms with E-state index in [9.17, 15) is 10.1 Å². The number of hydrogen-bond donors (Lipinski definition) is 0. The predicted octanol–water partition coefficient (Wildman–Crippen LogP) is 2.85. The number of carbonyl (C=O) groups is 1. The summed E-state index contributed by atoms with van der Waals surface area (Å²) in [5.74, 6) is 1.61. The quantitative estimate of drug-likeness (QED) is 0.457. The lowest BCUT2D eigenvalue weighted by molar-refractivity contribution is 0.0161. The van der Waals surface area contributed by atoms with Crippen molar-refractivity contribution in [3.05, 3.63) is 42.4 Å². The highest BCUT2D eigenvalue weighted by Gasteiger charge is 2.48. The minimum Gasteiger partial charge on any atom is -0.491 e. The third-order valence-electron chi connectivity index (χ3n) is 8.91. The number of urea groups is 1. The van der Waals surface area contributed by atoms with Crippen LogP contribution in [-0.2, 0) is 4.74 Å². The Hall–Kier alpha value is -3.88. The molecule has 0 aliphatic carbocycles. The molecule has 3 aromatic rings. The molecule has 5 aliphatic heterocycles.